The second kappa shape index (κ2) is 9.26. The Bertz CT molecular complexity index is 1210. The Kier molecular flexibility index (Phi) is 5.87. The van der Waals surface area contributed by atoms with E-state index in [1.165, 1.54) is 5.56 Å². The molecule has 1 fully saturated rings. The Balaban J connectivity index is 1.36. The Morgan fingerprint density at radius 3 is 2.53 bits per heavy atom. The molecule has 4 aromatic rings. The Morgan fingerprint density at radius 1 is 0.906 bits per heavy atom. The molecule has 0 bridgehead atoms. The van der Waals surface area contributed by atoms with Crippen molar-refractivity contribution in [2.24, 2.45) is 0 Å². The average Bonchev–Trinajstić information content (AvgIpc) is 3.24. The number of carbonyl (C=O) groups is 1. The average molecular weight is 427 g/mol. The molecule has 1 aliphatic rings. The van der Waals surface area contributed by atoms with Crippen LogP contribution < -0.4 is 16.0 Å². The van der Waals surface area contributed by atoms with Gasteiger partial charge in [-0.15, -0.1) is 0 Å². The summed E-state index contributed by atoms with van der Waals surface area (Å²) < 4.78 is 6.22. The summed E-state index contributed by atoms with van der Waals surface area (Å²) in [6.45, 7) is 5.12. The van der Waals surface area contributed by atoms with E-state index >= 15 is 0 Å². The van der Waals surface area contributed by atoms with Gasteiger partial charge >= 0.3 is 6.03 Å². The van der Waals surface area contributed by atoms with Crippen molar-refractivity contribution < 1.29 is 9.21 Å². The zero-order valence-corrected chi connectivity index (χ0v) is 17.8. The largest absolute Gasteiger partial charge is 0.456 e. The lowest BCUT2D eigenvalue weighted by atomic mass is 10.1. The fourth-order valence-corrected chi connectivity index (χ4v) is 4.05. The fraction of sp³-hybridized carbons (Fsp3) is 0.192. The van der Waals surface area contributed by atoms with Crippen molar-refractivity contribution in [1.29, 1.82) is 0 Å². The highest BCUT2D eigenvalue weighted by atomic mass is 16.3. The normalized spacial score (nSPS) is 14.4. The summed E-state index contributed by atoms with van der Waals surface area (Å²) in [5.41, 5.74) is 4.38. The van der Waals surface area contributed by atoms with Crippen molar-refractivity contribution in [2.75, 3.05) is 36.8 Å². The molecule has 6 nitrogen and oxygen atoms in total. The van der Waals surface area contributed by atoms with Gasteiger partial charge in [-0.05, 0) is 42.0 Å². The van der Waals surface area contributed by atoms with Gasteiger partial charge in [0.25, 0.3) is 0 Å². The van der Waals surface area contributed by atoms with Gasteiger partial charge in [-0.2, -0.15) is 0 Å². The van der Waals surface area contributed by atoms with E-state index in [0.29, 0.717) is 5.69 Å². The third kappa shape index (κ3) is 4.66. The second-order valence-electron chi connectivity index (χ2n) is 8.00. The van der Waals surface area contributed by atoms with Crippen LogP contribution >= 0.6 is 0 Å². The first kappa shape index (κ1) is 20.3. The fourth-order valence-electron chi connectivity index (χ4n) is 4.05. The molecule has 0 radical (unpaired) electrons. The number of hydrogen-bond donors (Lipinski definition) is 3. The number of amides is 2. The lowest BCUT2D eigenvalue weighted by molar-refractivity contribution is 0.233. The summed E-state index contributed by atoms with van der Waals surface area (Å²) in [6, 6.07) is 25.2. The number of benzene rings is 3. The maximum atomic E-state index is 12.5. The van der Waals surface area contributed by atoms with Gasteiger partial charge in [-0.25, -0.2) is 4.79 Å². The van der Waals surface area contributed by atoms with Gasteiger partial charge in [0.2, 0.25) is 0 Å². The first-order valence-corrected chi connectivity index (χ1v) is 10.9. The molecule has 162 valence electrons. The van der Waals surface area contributed by atoms with Gasteiger partial charge in [0.15, 0.2) is 0 Å². The van der Waals surface area contributed by atoms with E-state index in [9.17, 15) is 4.79 Å². The van der Waals surface area contributed by atoms with E-state index in [4.69, 9.17) is 4.42 Å². The third-order valence-corrected chi connectivity index (χ3v) is 5.67. The minimum atomic E-state index is -0.293. The van der Waals surface area contributed by atoms with Crippen LogP contribution in [0.15, 0.2) is 83.3 Å². The van der Waals surface area contributed by atoms with E-state index in [0.717, 1.165) is 60.7 Å². The van der Waals surface area contributed by atoms with Gasteiger partial charge in [-0.3, -0.25) is 4.90 Å². The van der Waals surface area contributed by atoms with Crippen molar-refractivity contribution in [1.82, 2.24) is 10.2 Å². The first-order valence-electron chi connectivity index (χ1n) is 10.9. The monoisotopic (exact) mass is 426 g/mol. The Hall–Kier alpha value is -3.61. The topological polar surface area (TPSA) is 69.5 Å². The van der Waals surface area contributed by atoms with Crippen molar-refractivity contribution >= 4 is 28.4 Å². The molecule has 6 heteroatoms. The number of nitrogens with zero attached hydrogens (tertiary/aromatic N) is 1. The van der Waals surface area contributed by atoms with Crippen LogP contribution in [0.1, 0.15) is 5.56 Å². The van der Waals surface area contributed by atoms with Crippen molar-refractivity contribution in [2.45, 2.75) is 6.54 Å². The lowest BCUT2D eigenvalue weighted by Crippen LogP contribution is -2.42. The summed E-state index contributed by atoms with van der Waals surface area (Å²) in [6.07, 6.45) is 0. The predicted molar refractivity (Wildman–Crippen MR) is 129 cm³/mol. The molecule has 1 aliphatic heterocycles. The van der Waals surface area contributed by atoms with Crippen molar-refractivity contribution in [3.05, 3.63) is 84.4 Å². The summed E-state index contributed by atoms with van der Waals surface area (Å²) in [5.74, 6) is 0.731. The second-order valence-corrected chi connectivity index (χ2v) is 8.00. The molecule has 0 saturated carbocycles. The van der Waals surface area contributed by atoms with Gasteiger partial charge < -0.3 is 20.4 Å². The van der Waals surface area contributed by atoms with Gasteiger partial charge in [-0.1, -0.05) is 42.5 Å². The van der Waals surface area contributed by atoms with Gasteiger partial charge in [0.05, 0.1) is 5.69 Å². The zero-order valence-electron chi connectivity index (χ0n) is 17.8. The van der Waals surface area contributed by atoms with Crippen LogP contribution in [0, 0.1) is 0 Å². The van der Waals surface area contributed by atoms with E-state index in [2.05, 4.69) is 39.0 Å². The zero-order chi connectivity index (χ0) is 21.8. The molecule has 0 atom stereocenters. The molecule has 0 aliphatic carbocycles. The number of fused-ring (bicyclic) bond motifs is 1. The molecule has 0 spiro atoms. The smallest absolute Gasteiger partial charge is 0.323 e. The number of hydrogen-bond acceptors (Lipinski definition) is 4. The molecule has 3 N–H and O–H groups in total. The molecular weight excluding hydrogens is 400 g/mol. The lowest BCUT2D eigenvalue weighted by Gasteiger charge is -2.27. The highest BCUT2D eigenvalue weighted by Gasteiger charge is 2.14. The standard InChI is InChI=1S/C26H26N4O2/c31-26(28-21-6-2-1-3-7-21)29-23-9-5-4-8-22(23)25-17-20-11-10-19(16-24(20)32-25)18-30-14-12-27-13-15-30/h1-11,16-17,27H,12-15,18H2,(H2,28,29,31). The molecule has 0 unspecified atom stereocenters. The molecule has 1 aromatic heterocycles. The summed E-state index contributed by atoms with van der Waals surface area (Å²) in [4.78, 5) is 15.0. The maximum absolute atomic E-state index is 12.5. The Morgan fingerprint density at radius 2 is 1.69 bits per heavy atom. The quantitative estimate of drug-likeness (QED) is 0.413. The minimum Gasteiger partial charge on any atom is -0.456 e. The van der Waals surface area contributed by atoms with Crippen LogP contribution in [0.5, 0.6) is 0 Å². The number of para-hydroxylation sites is 2. The number of carbonyl (C=O) groups excluding carboxylic acids is 1. The summed E-state index contributed by atoms with van der Waals surface area (Å²) in [5, 5.41) is 10.2. The number of urea groups is 1. The van der Waals surface area contributed by atoms with E-state index in [-0.39, 0.29) is 6.03 Å². The number of rotatable bonds is 5. The number of piperazine rings is 1. The number of anilines is 2. The number of nitrogens with one attached hydrogen (secondary N) is 3. The number of furan rings is 1. The van der Waals surface area contributed by atoms with Crippen LogP contribution in [0.25, 0.3) is 22.3 Å². The molecule has 2 amide bonds. The van der Waals surface area contributed by atoms with Crippen LogP contribution in [-0.4, -0.2) is 37.1 Å². The first-order chi connectivity index (χ1) is 15.7. The van der Waals surface area contributed by atoms with Crippen LogP contribution in [0.2, 0.25) is 0 Å². The summed E-state index contributed by atoms with van der Waals surface area (Å²) in [7, 11) is 0. The highest BCUT2D eigenvalue weighted by molar-refractivity contribution is 6.02. The molecular formula is C26H26N4O2. The van der Waals surface area contributed by atoms with E-state index < -0.39 is 0 Å². The molecule has 3 aromatic carbocycles. The van der Waals surface area contributed by atoms with Crippen molar-refractivity contribution in [3.63, 3.8) is 0 Å². The molecule has 5 rings (SSSR count). The Labute approximate surface area is 187 Å². The van der Waals surface area contributed by atoms with Crippen LogP contribution in [-0.2, 0) is 6.54 Å². The highest BCUT2D eigenvalue weighted by Crippen LogP contribution is 2.33. The molecule has 32 heavy (non-hydrogen) atoms. The third-order valence-electron chi connectivity index (χ3n) is 5.67. The van der Waals surface area contributed by atoms with Crippen LogP contribution in [0.4, 0.5) is 16.2 Å². The summed E-state index contributed by atoms with van der Waals surface area (Å²) >= 11 is 0. The minimum absolute atomic E-state index is 0.293. The predicted octanol–water partition coefficient (Wildman–Crippen LogP) is 5.15. The van der Waals surface area contributed by atoms with Gasteiger partial charge in [0.1, 0.15) is 11.3 Å². The molecule has 1 saturated heterocycles. The van der Waals surface area contributed by atoms with Crippen molar-refractivity contribution in [3.8, 4) is 11.3 Å². The molecule has 2 heterocycles. The SMILES string of the molecule is O=C(Nc1ccccc1)Nc1ccccc1-c1cc2ccc(CN3CCNCC3)cc2o1. The van der Waals surface area contributed by atoms with Gasteiger partial charge in [0, 0.05) is 49.4 Å². The maximum Gasteiger partial charge on any atom is 0.323 e. The van der Waals surface area contributed by atoms with E-state index in [1.54, 1.807) is 0 Å². The van der Waals surface area contributed by atoms with E-state index in [1.807, 2.05) is 60.7 Å². The van der Waals surface area contributed by atoms with Crippen LogP contribution in [0.3, 0.4) is 0 Å².